The van der Waals surface area contributed by atoms with Crippen molar-refractivity contribution < 1.29 is 4.74 Å². The molecule has 1 aromatic rings. The van der Waals surface area contributed by atoms with E-state index in [1.807, 2.05) is 0 Å². The van der Waals surface area contributed by atoms with Gasteiger partial charge in [-0.15, -0.1) is 0 Å². The Labute approximate surface area is 111 Å². The molecule has 1 aliphatic rings. The van der Waals surface area contributed by atoms with Crippen molar-refractivity contribution in [2.75, 3.05) is 13.2 Å². The van der Waals surface area contributed by atoms with Gasteiger partial charge in [0.15, 0.2) is 0 Å². The molecule has 2 nitrogen and oxygen atoms in total. The Morgan fingerprint density at radius 2 is 2.11 bits per heavy atom. The number of nitrogens with one attached hydrogen (secondary N) is 1. The van der Waals surface area contributed by atoms with E-state index >= 15 is 0 Å². The van der Waals surface area contributed by atoms with E-state index in [1.165, 1.54) is 18.4 Å². The van der Waals surface area contributed by atoms with Crippen LogP contribution in [0, 0.1) is 5.92 Å². The summed E-state index contributed by atoms with van der Waals surface area (Å²) in [6, 6.07) is 9.18. The first-order chi connectivity index (χ1) is 8.79. The summed E-state index contributed by atoms with van der Waals surface area (Å²) >= 11 is 0. The zero-order valence-electron chi connectivity index (χ0n) is 11.6. The lowest BCUT2D eigenvalue weighted by Crippen LogP contribution is -2.37. The average molecular weight is 247 g/mol. The Morgan fingerprint density at radius 1 is 1.28 bits per heavy atom. The minimum absolute atomic E-state index is 0.688. The van der Waals surface area contributed by atoms with Gasteiger partial charge in [-0.05, 0) is 56.7 Å². The van der Waals surface area contributed by atoms with Crippen molar-refractivity contribution in [1.82, 2.24) is 5.32 Å². The van der Waals surface area contributed by atoms with Gasteiger partial charge in [0.2, 0.25) is 0 Å². The van der Waals surface area contributed by atoms with Gasteiger partial charge in [0, 0.05) is 6.04 Å². The molecule has 0 spiro atoms. The molecule has 1 aliphatic heterocycles. The molecule has 2 atom stereocenters. The van der Waals surface area contributed by atoms with Crippen LogP contribution in [0.3, 0.4) is 0 Å². The summed E-state index contributed by atoms with van der Waals surface area (Å²) in [4.78, 5) is 0. The maximum absolute atomic E-state index is 5.83. The second-order valence-electron chi connectivity index (χ2n) is 5.41. The number of hydrogen-bond acceptors (Lipinski definition) is 2. The summed E-state index contributed by atoms with van der Waals surface area (Å²) in [6.07, 6.45) is 4.83. The second-order valence-corrected chi connectivity index (χ2v) is 5.41. The molecular weight excluding hydrogens is 222 g/mol. The maximum Gasteiger partial charge on any atom is 0.122 e. The molecule has 0 aliphatic carbocycles. The number of para-hydroxylation sites is 1. The fourth-order valence-electron chi connectivity index (χ4n) is 2.57. The van der Waals surface area contributed by atoms with Crippen molar-refractivity contribution in [2.45, 2.75) is 45.6 Å². The van der Waals surface area contributed by atoms with Gasteiger partial charge in [-0.25, -0.2) is 0 Å². The first-order valence-electron chi connectivity index (χ1n) is 7.23. The van der Waals surface area contributed by atoms with Crippen molar-refractivity contribution in [3.8, 4) is 5.75 Å². The molecule has 0 amide bonds. The van der Waals surface area contributed by atoms with Crippen LogP contribution >= 0.6 is 0 Å². The molecule has 0 bridgehead atoms. The van der Waals surface area contributed by atoms with Gasteiger partial charge in [-0.2, -0.15) is 0 Å². The van der Waals surface area contributed by atoms with E-state index in [4.69, 9.17) is 4.74 Å². The molecular formula is C16H25NO. The second kappa shape index (κ2) is 6.79. The van der Waals surface area contributed by atoms with Gasteiger partial charge < -0.3 is 10.1 Å². The molecule has 1 fully saturated rings. The van der Waals surface area contributed by atoms with Gasteiger partial charge in [-0.1, -0.05) is 25.1 Å². The van der Waals surface area contributed by atoms with E-state index in [1.54, 1.807) is 0 Å². The standard InChI is InChI=1S/C16H25NO/c1-3-10-18-16-7-5-4-6-15(16)11-14-9-8-13(2)17-12-14/h4-7,13-14,17H,3,8-12H2,1-2H3. The van der Waals surface area contributed by atoms with Crippen LogP contribution in [0.25, 0.3) is 0 Å². The number of ether oxygens (including phenoxy) is 1. The van der Waals surface area contributed by atoms with E-state index in [-0.39, 0.29) is 0 Å². The van der Waals surface area contributed by atoms with Crippen molar-refractivity contribution in [3.63, 3.8) is 0 Å². The summed E-state index contributed by atoms with van der Waals surface area (Å²) < 4.78 is 5.83. The summed E-state index contributed by atoms with van der Waals surface area (Å²) in [5, 5.41) is 3.57. The highest BCUT2D eigenvalue weighted by atomic mass is 16.5. The van der Waals surface area contributed by atoms with E-state index in [0.717, 1.165) is 37.7 Å². The lowest BCUT2D eigenvalue weighted by atomic mass is 9.89. The molecule has 2 unspecified atom stereocenters. The van der Waals surface area contributed by atoms with E-state index < -0.39 is 0 Å². The third kappa shape index (κ3) is 3.74. The largest absolute Gasteiger partial charge is 0.493 e. The molecule has 100 valence electrons. The fourth-order valence-corrected chi connectivity index (χ4v) is 2.57. The van der Waals surface area contributed by atoms with Gasteiger partial charge >= 0.3 is 0 Å². The molecule has 2 rings (SSSR count). The first-order valence-corrected chi connectivity index (χ1v) is 7.23. The van der Waals surface area contributed by atoms with Gasteiger partial charge in [0.25, 0.3) is 0 Å². The Balaban J connectivity index is 1.95. The highest BCUT2D eigenvalue weighted by molar-refractivity contribution is 5.33. The molecule has 1 N–H and O–H groups in total. The van der Waals surface area contributed by atoms with Gasteiger partial charge in [-0.3, -0.25) is 0 Å². The third-order valence-corrected chi connectivity index (χ3v) is 3.71. The summed E-state index contributed by atoms with van der Waals surface area (Å²) in [7, 11) is 0. The first kappa shape index (κ1) is 13.4. The molecule has 18 heavy (non-hydrogen) atoms. The lowest BCUT2D eigenvalue weighted by molar-refractivity contribution is 0.300. The van der Waals surface area contributed by atoms with Crippen LogP contribution in [0.15, 0.2) is 24.3 Å². The van der Waals surface area contributed by atoms with Crippen molar-refractivity contribution in [1.29, 1.82) is 0 Å². The van der Waals surface area contributed by atoms with Crippen LogP contribution in [0.5, 0.6) is 5.75 Å². The van der Waals surface area contributed by atoms with Crippen molar-refractivity contribution >= 4 is 0 Å². The predicted octanol–water partition coefficient (Wildman–Crippen LogP) is 3.41. The highest BCUT2D eigenvalue weighted by Gasteiger charge is 2.18. The van der Waals surface area contributed by atoms with Crippen LogP contribution < -0.4 is 10.1 Å². The Kier molecular flexibility index (Phi) is 5.06. The van der Waals surface area contributed by atoms with Crippen molar-refractivity contribution in [3.05, 3.63) is 29.8 Å². The third-order valence-electron chi connectivity index (χ3n) is 3.71. The van der Waals surface area contributed by atoms with Crippen LogP contribution in [-0.2, 0) is 6.42 Å². The normalized spacial score (nSPS) is 23.9. The monoisotopic (exact) mass is 247 g/mol. The summed E-state index contributed by atoms with van der Waals surface area (Å²) in [5.74, 6) is 1.84. The van der Waals surface area contributed by atoms with Crippen LogP contribution in [-0.4, -0.2) is 19.2 Å². The topological polar surface area (TPSA) is 21.3 Å². The molecule has 2 heteroatoms. The Hall–Kier alpha value is -1.02. The van der Waals surface area contributed by atoms with Crippen molar-refractivity contribution in [2.24, 2.45) is 5.92 Å². The van der Waals surface area contributed by atoms with Gasteiger partial charge in [0.05, 0.1) is 6.61 Å². The van der Waals surface area contributed by atoms with Gasteiger partial charge in [0.1, 0.15) is 5.75 Å². The van der Waals surface area contributed by atoms with Crippen LogP contribution in [0.1, 0.15) is 38.7 Å². The molecule has 0 aromatic heterocycles. The van der Waals surface area contributed by atoms with Crippen LogP contribution in [0.4, 0.5) is 0 Å². The number of hydrogen-bond donors (Lipinski definition) is 1. The number of benzene rings is 1. The van der Waals surface area contributed by atoms with E-state index in [9.17, 15) is 0 Å². The molecule has 0 radical (unpaired) electrons. The molecule has 1 heterocycles. The molecule has 1 aromatic carbocycles. The van der Waals surface area contributed by atoms with E-state index in [0.29, 0.717) is 6.04 Å². The molecule has 0 saturated carbocycles. The van der Waals surface area contributed by atoms with Crippen LogP contribution in [0.2, 0.25) is 0 Å². The summed E-state index contributed by atoms with van der Waals surface area (Å²) in [5.41, 5.74) is 1.37. The smallest absolute Gasteiger partial charge is 0.122 e. The Morgan fingerprint density at radius 3 is 2.83 bits per heavy atom. The summed E-state index contributed by atoms with van der Waals surface area (Å²) in [6.45, 7) is 6.38. The van der Waals surface area contributed by atoms with E-state index in [2.05, 4.69) is 43.4 Å². The number of piperidine rings is 1. The maximum atomic E-state index is 5.83. The lowest BCUT2D eigenvalue weighted by Gasteiger charge is -2.28. The quantitative estimate of drug-likeness (QED) is 0.861. The zero-order chi connectivity index (χ0) is 12.8. The number of rotatable bonds is 5. The minimum atomic E-state index is 0.688. The SMILES string of the molecule is CCCOc1ccccc1CC1CCC(C)NC1. The predicted molar refractivity (Wildman–Crippen MR) is 76.1 cm³/mol. The Bertz CT molecular complexity index is 356. The molecule has 1 saturated heterocycles. The minimum Gasteiger partial charge on any atom is -0.493 e. The fraction of sp³-hybridized carbons (Fsp3) is 0.625. The zero-order valence-corrected chi connectivity index (χ0v) is 11.6. The highest BCUT2D eigenvalue weighted by Crippen LogP contribution is 2.25. The average Bonchev–Trinajstić information content (AvgIpc) is 2.40.